The van der Waals surface area contributed by atoms with Crippen LogP contribution >= 0.6 is 11.8 Å². The van der Waals surface area contributed by atoms with Crippen LogP contribution in [0.15, 0.2) is 0 Å². The molecule has 0 aliphatic carbocycles. The average Bonchev–Trinajstić information content (AvgIpc) is 2.10. The molecule has 1 heterocycles. The van der Waals surface area contributed by atoms with Crippen molar-refractivity contribution in [1.29, 1.82) is 0 Å². The Bertz CT molecular complexity index is 101. The Morgan fingerprint density at radius 3 is 2.56 bits per heavy atom. The molecule has 1 saturated heterocycles. The summed E-state index contributed by atoms with van der Waals surface area (Å²) in [4.78, 5) is 0. The van der Waals surface area contributed by atoms with Gasteiger partial charge in [0, 0.05) is 6.42 Å². The molecule has 2 nitrogen and oxygen atoms in total. The van der Waals surface area contributed by atoms with Crippen molar-refractivity contribution in [3.63, 3.8) is 0 Å². The maximum Gasteiger partial charge on any atom is 0.118 e. The summed E-state index contributed by atoms with van der Waals surface area (Å²) in [7, 11) is 0. The average molecular weight is 152 g/mol. The maximum absolute atomic E-state index is 12.5. The zero-order valence-electron chi connectivity index (χ0n) is 4.83. The molecule has 0 radical (unpaired) electrons. The van der Waals surface area contributed by atoms with Gasteiger partial charge >= 0.3 is 0 Å². The Hall–Kier alpha value is 0.200. The highest BCUT2D eigenvalue weighted by molar-refractivity contribution is 8.00. The lowest BCUT2D eigenvalue weighted by molar-refractivity contribution is 0.192. The largest absolute Gasteiger partial charge is 0.395 e. The summed E-state index contributed by atoms with van der Waals surface area (Å²) in [6.07, 6.45) is -0.870. The summed E-state index contributed by atoms with van der Waals surface area (Å²) in [6.45, 7) is -0.178. The van der Waals surface area contributed by atoms with E-state index in [0.29, 0.717) is 0 Å². The first kappa shape index (κ1) is 7.31. The van der Waals surface area contributed by atoms with Crippen molar-refractivity contribution in [3.05, 3.63) is 0 Å². The van der Waals surface area contributed by atoms with Crippen LogP contribution in [-0.2, 0) is 0 Å². The number of rotatable bonds is 1. The van der Waals surface area contributed by atoms with Gasteiger partial charge in [-0.1, -0.05) is 0 Å². The lowest BCUT2D eigenvalue weighted by Gasteiger charge is -2.04. The highest BCUT2D eigenvalue weighted by Crippen LogP contribution is 2.33. The van der Waals surface area contributed by atoms with Crippen LogP contribution in [0.1, 0.15) is 6.42 Å². The van der Waals surface area contributed by atoms with Gasteiger partial charge in [0.1, 0.15) is 11.6 Å². The Kier molecular flexibility index (Phi) is 2.32. The fraction of sp³-hybridized carbons (Fsp3) is 1.00. The standard InChI is InChI=1S/C5H9FO2S/c6-3-1-5(8)9-4(3)2-7/h3-5,7-8H,1-2H2/t3-,4-,5-/m0/s1. The fourth-order valence-corrected chi connectivity index (χ4v) is 1.91. The molecule has 0 aromatic rings. The van der Waals surface area contributed by atoms with Crippen molar-refractivity contribution in [2.75, 3.05) is 6.61 Å². The Morgan fingerprint density at radius 1 is 1.67 bits per heavy atom. The summed E-state index contributed by atoms with van der Waals surface area (Å²) >= 11 is 1.10. The molecular weight excluding hydrogens is 143 g/mol. The molecule has 2 N–H and O–H groups in total. The van der Waals surface area contributed by atoms with E-state index in [2.05, 4.69) is 0 Å². The second kappa shape index (κ2) is 2.86. The zero-order chi connectivity index (χ0) is 6.85. The second-order valence-corrected chi connectivity index (χ2v) is 3.49. The van der Waals surface area contributed by atoms with Gasteiger partial charge in [-0.15, -0.1) is 11.8 Å². The highest BCUT2D eigenvalue weighted by atomic mass is 32.2. The molecule has 1 aliphatic heterocycles. The third-order valence-electron chi connectivity index (χ3n) is 1.34. The van der Waals surface area contributed by atoms with Gasteiger partial charge in [-0.25, -0.2) is 4.39 Å². The number of hydrogen-bond donors (Lipinski definition) is 2. The van der Waals surface area contributed by atoms with E-state index in [4.69, 9.17) is 10.2 Å². The van der Waals surface area contributed by atoms with E-state index in [-0.39, 0.29) is 13.0 Å². The summed E-state index contributed by atoms with van der Waals surface area (Å²) in [6, 6.07) is 0. The summed E-state index contributed by atoms with van der Waals surface area (Å²) in [5.41, 5.74) is -0.614. The number of halogens is 1. The molecule has 0 aromatic carbocycles. The van der Waals surface area contributed by atoms with E-state index in [0.717, 1.165) is 11.8 Å². The predicted octanol–water partition coefficient (Wildman–Crippen LogP) is 0.141. The molecule has 0 unspecified atom stereocenters. The number of aliphatic hydroxyl groups excluding tert-OH is 2. The van der Waals surface area contributed by atoms with Crippen molar-refractivity contribution in [2.24, 2.45) is 0 Å². The fourth-order valence-electron chi connectivity index (χ4n) is 0.844. The third kappa shape index (κ3) is 1.56. The molecular formula is C5H9FO2S. The van der Waals surface area contributed by atoms with Gasteiger partial charge in [-0.3, -0.25) is 0 Å². The van der Waals surface area contributed by atoms with E-state index in [1.165, 1.54) is 0 Å². The molecule has 4 heteroatoms. The van der Waals surface area contributed by atoms with Crippen LogP contribution in [0.4, 0.5) is 4.39 Å². The number of thioether (sulfide) groups is 1. The number of alkyl halides is 1. The summed E-state index contributed by atoms with van der Waals surface area (Å²) in [5.74, 6) is 0. The first-order chi connectivity index (χ1) is 4.24. The van der Waals surface area contributed by atoms with Crippen LogP contribution < -0.4 is 0 Å². The zero-order valence-corrected chi connectivity index (χ0v) is 5.64. The lowest BCUT2D eigenvalue weighted by Crippen LogP contribution is -2.15. The monoisotopic (exact) mass is 152 g/mol. The van der Waals surface area contributed by atoms with Crippen LogP contribution in [0.5, 0.6) is 0 Å². The molecule has 3 atom stereocenters. The van der Waals surface area contributed by atoms with E-state index < -0.39 is 16.9 Å². The molecule has 1 rings (SSSR count). The van der Waals surface area contributed by atoms with Crippen LogP contribution in [-0.4, -0.2) is 33.7 Å². The Morgan fingerprint density at radius 2 is 2.33 bits per heavy atom. The topological polar surface area (TPSA) is 40.5 Å². The minimum absolute atomic E-state index is 0.163. The predicted molar refractivity (Wildman–Crippen MR) is 34.0 cm³/mol. The van der Waals surface area contributed by atoms with Crippen molar-refractivity contribution in [3.8, 4) is 0 Å². The number of hydrogen-bond acceptors (Lipinski definition) is 3. The maximum atomic E-state index is 12.5. The van der Waals surface area contributed by atoms with Gasteiger partial charge in [0.2, 0.25) is 0 Å². The molecule has 54 valence electrons. The van der Waals surface area contributed by atoms with Crippen molar-refractivity contribution < 1.29 is 14.6 Å². The van der Waals surface area contributed by atoms with Crippen LogP contribution in [0.25, 0.3) is 0 Å². The van der Waals surface area contributed by atoms with Gasteiger partial charge in [-0.05, 0) is 0 Å². The molecule has 0 amide bonds. The normalized spacial score (nSPS) is 43.7. The molecule has 0 bridgehead atoms. The Balaban J connectivity index is 2.38. The van der Waals surface area contributed by atoms with Gasteiger partial charge < -0.3 is 10.2 Å². The minimum Gasteiger partial charge on any atom is -0.395 e. The van der Waals surface area contributed by atoms with E-state index in [9.17, 15) is 4.39 Å². The van der Waals surface area contributed by atoms with Crippen LogP contribution in [0.2, 0.25) is 0 Å². The third-order valence-corrected chi connectivity index (χ3v) is 2.64. The molecule has 9 heavy (non-hydrogen) atoms. The second-order valence-electron chi connectivity index (χ2n) is 2.06. The number of aliphatic hydroxyl groups is 2. The van der Waals surface area contributed by atoms with Gasteiger partial charge in [0.25, 0.3) is 0 Å². The van der Waals surface area contributed by atoms with Crippen molar-refractivity contribution in [2.45, 2.75) is 23.3 Å². The Labute approximate surface area is 57.1 Å². The molecule has 0 saturated carbocycles. The SMILES string of the molecule is OC[C@@H]1S[C@H](O)C[C@@H]1F. The molecule has 1 fully saturated rings. The van der Waals surface area contributed by atoms with Crippen molar-refractivity contribution >= 4 is 11.8 Å². The molecule has 1 aliphatic rings. The van der Waals surface area contributed by atoms with Crippen molar-refractivity contribution in [1.82, 2.24) is 0 Å². The first-order valence-corrected chi connectivity index (χ1v) is 3.76. The molecule has 0 spiro atoms. The summed E-state index contributed by atoms with van der Waals surface area (Å²) < 4.78 is 12.5. The van der Waals surface area contributed by atoms with Crippen LogP contribution in [0, 0.1) is 0 Å². The van der Waals surface area contributed by atoms with Gasteiger partial charge in [0.05, 0.1) is 11.9 Å². The quantitative estimate of drug-likeness (QED) is 0.561. The highest BCUT2D eigenvalue weighted by Gasteiger charge is 2.33. The summed E-state index contributed by atoms with van der Waals surface area (Å²) in [5, 5.41) is 16.9. The van der Waals surface area contributed by atoms with E-state index in [1.54, 1.807) is 0 Å². The van der Waals surface area contributed by atoms with Gasteiger partial charge in [0.15, 0.2) is 0 Å². The smallest absolute Gasteiger partial charge is 0.118 e. The minimum atomic E-state index is -1.03. The lowest BCUT2D eigenvalue weighted by atomic mass is 10.2. The first-order valence-electron chi connectivity index (χ1n) is 2.82. The van der Waals surface area contributed by atoms with E-state index in [1.807, 2.05) is 0 Å². The van der Waals surface area contributed by atoms with E-state index >= 15 is 0 Å². The van der Waals surface area contributed by atoms with Gasteiger partial charge in [-0.2, -0.15) is 0 Å². The molecule has 0 aromatic heterocycles. The van der Waals surface area contributed by atoms with Crippen LogP contribution in [0.3, 0.4) is 0 Å².